The number of aliphatic hydroxyl groups excluding tert-OH is 1. The normalized spacial score (nSPS) is 22.9. The second-order valence-corrected chi connectivity index (χ2v) is 4.60. The molecule has 0 amide bonds. The fourth-order valence-corrected chi connectivity index (χ4v) is 2.57. The van der Waals surface area contributed by atoms with Gasteiger partial charge in [0.1, 0.15) is 23.0 Å². The molecule has 4 nitrogen and oxygen atoms in total. The van der Waals surface area contributed by atoms with Crippen molar-refractivity contribution in [2.24, 2.45) is 0 Å². The minimum absolute atomic E-state index is 0.401. The molecule has 1 aromatic carbocycles. The van der Waals surface area contributed by atoms with Gasteiger partial charge in [-0.15, -0.1) is 0 Å². The van der Waals surface area contributed by atoms with E-state index in [0.29, 0.717) is 30.1 Å². The van der Waals surface area contributed by atoms with E-state index in [2.05, 4.69) is 6.07 Å². The van der Waals surface area contributed by atoms with E-state index in [-0.39, 0.29) is 0 Å². The highest BCUT2D eigenvalue weighted by Gasteiger charge is 2.46. The smallest absolute Gasteiger partial charge is 0.135 e. The van der Waals surface area contributed by atoms with Gasteiger partial charge in [-0.25, -0.2) is 0 Å². The average Bonchev–Trinajstić information content (AvgIpc) is 3.00. The molecule has 19 heavy (non-hydrogen) atoms. The van der Waals surface area contributed by atoms with Crippen molar-refractivity contribution < 1.29 is 14.3 Å². The van der Waals surface area contributed by atoms with Crippen molar-refractivity contribution in [3.8, 4) is 11.8 Å². The van der Waals surface area contributed by atoms with Crippen molar-refractivity contribution >= 4 is 0 Å². The Bertz CT molecular complexity index is 615. The predicted molar refractivity (Wildman–Crippen MR) is 67.5 cm³/mol. The van der Waals surface area contributed by atoms with Gasteiger partial charge in [0.2, 0.25) is 0 Å². The molecular formula is C15H13NO3. The molecule has 2 aromatic rings. The summed E-state index contributed by atoms with van der Waals surface area (Å²) in [4.78, 5) is 0. The summed E-state index contributed by atoms with van der Waals surface area (Å²) in [5, 5.41) is 20.2. The maximum Gasteiger partial charge on any atom is 0.135 e. The summed E-state index contributed by atoms with van der Waals surface area (Å²) < 4.78 is 10.8. The van der Waals surface area contributed by atoms with Crippen molar-refractivity contribution in [3.05, 3.63) is 54.0 Å². The second-order valence-electron chi connectivity index (χ2n) is 4.60. The first-order valence-corrected chi connectivity index (χ1v) is 6.13. The number of furan rings is 1. The van der Waals surface area contributed by atoms with Crippen molar-refractivity contribution in [3.63, 3.8) is 0 Å². The average molecular weight is 255 g/mol. The molecular weight excluding hydrogens is 242 g/mol. The molecule has 0 saturated carbocycles. The molecule has 0 radical (unpaired) electrons. The zero-order valence-electron chi connectivity index (χ0n) is 10.2. The van der Waals surface area contributed by atoms with Crippen LogP contribution in [0.4, 0.5) is 0 Å². The maximum atomic E-state index is 10.6. The molecule has 4 heteroatoms. The molecule has 1 N–H and O–H groups in total. The largest absolute Gasteiger partial charge is 0.493 e. The molecule has 0 saturated heterocycles. The van der Waals surface area contributed by atoms with Gasteiger partial charge in [-0.2, -0.15) is 5.26 Å². The first-order valence-electron chi connectivity index (χ1n) is 6.13. The Balaban J connectivity index is 2.13. The van der Waals surface area contributed by atoms with E-state index >= 15 is 0 Å². The second kappa shape index (κ2) is 4.45. The number of aliphatic hydroxyl groups is 1. The van der Waals surface area contributed by atoms with Crippen LogP contribution in [0.3, 0.4) is 0 Å². The first-order chi connectivity index (χ1) is 9.28. The first kappa shape index (κ1) is 11.8. The fraction of sp³-hybridized carbons (Fsp3) is 0.267. The maximum absolute atomic E-state index is 10.6. The highest BCUT2D eigenvalue weighted by molar-refractivity contribution is 5.47. The number of rotatable bonds is 2. The summed E-state index contributed by atoms with van der Waals surface area (Å²) in [6.07, 6.45) is 0.926. The molecule has 3 rings (SSSR count). The Morgan fingerprint density at radius 1 is 1.26 bits per heavy atom. The molecule has 2 atom stereocenters. The fourth-order valence-electron chi connectivity index (χ4n) is 2.57. The van der Waals surface area contributed by atoms with Crippen LogP contribution in [0.15, 0.2) is 47.1 Å². The Kier molecular flexibility index (Phi) is 2.77. The summed E-state index contributed by atoms with van der Waals surface area (Å²) in [6, 6.07) is 13.0. The van der Waals surface area contributed by atoms with E-state index in [1.165, 1.54) is 6.26 Å². The zero-order chi connectivity index (χ0) is 13.3. The third kappa shape index (κ3) is 1.71. The molecule has 0 bridgehead atoms. The number of nitriles is 1. The van der Waals surface area contributed by atoms with Gasteiger partial charge >= 0.3 is 0 Å². The van der Waals surface area contributed by atoms with Crippen LogP contribution in [0, 0.1) is 11.3 Å². The van der Waals surface area contributed by atoms with Gasteiger partial charge in [0.05, 0.1) is 18.9 Å². The lowest BCUT2D eigenvalue weighted by molar-refractivity contribution is 0.0628. The third-order valence-corrected chi connectivity index (χ3v) is 3.60. The van der Waals surface area contributed by atoms with Crippen LogP contribution in [0.5, 0.6) is 5.75 Å². The van der Waals surface area contributed by atoms with Crippen molar-refractivity contribution in [1.82, 2.24) is 0 Å². The van der Waals surface area contributed by atoms with Crippen LogP contribution in [0.25, 0.3) is 0 Å². The SMILES string of the molecule is N#CC1(C(O)c2ccco2)CCOc2ccccc21. The van der Waals surface area contributed by atoms with Crippen LogP contribution in [0.2, 0.25) is 0 Å². The van der Waals surface area contributed by atoms with Crippen LogP contribution >= 0.6 is 0 Å². The number of benzene rings is 1. The Morgan fingerprint density at radius 3 is 2.84 bits per heavy atom. The summed E-state index contributed by atoms with van der Waals surface area (Å²) >= 11 is 0. The van der Waals surface area contributed by atoms with Gasteiger partial charge in [-0.1, -0.05) is 18.2 Å². The standard InChI is InChI=1S/C15H13NO3/c16-10-15(14(17)13-6-3-8-18-13)7-9-19-12-5-2-1-4-11(12)15/h1-6,8,14,17H,7,9H2. The van der Waals surface area contributed by atoms with E-state index in [1.54, 1.807) is 12.1 Å². The number of fused-ring (bicyclic) bond motifs is 1. The summed E-state index contributed by atoms with van der Waals surface area (Å²) in [7, 11) is 0. The molecule has 0 aliphatic carbocycles. The number of para-hydroxylation sites is 1. The molecule has 96 valence electrons. The van der Waals surface area contributed by atoms with Gasteiger partial charge < -0.3 is 14.3 Å². The topological polar surface area (TPSA) is 66.4 Å². The highest BCUT2D eigenvalue weighted by atomic mass is 16.5. The number of ether oxygens (including phenoxy) is 1. The van der Waals surface area contributed by atoms with E-state index in [9.17, 15) is 10.4 Å². The number of nitrogens with zero attached hydrogens (tertiary/aromatic N) is 1. The van der Waals surface area contributed by atoms with E-state index in [1.807, 2.05) is 24.3 Å². The minimum atomic E-state index is -1.02. The van der Waals surface area contributed by atoms with Gasteiger partial charge in [-0.3, -0.25) is 0 Å². The molecule has 1 aliphatic heterocycles. The van der Waals surface area contributed by atoms with E-state index < -0.39 is 11.5 Å². The van der Waals surface area contributed by atoms with Gasteiger partial charge in [-0.05, 0) is 18.2 Å². The van der Waals surface area contributed by atoms with Crippen LogP contribution in [-0.2, 0) is 5.41 Å². The number of hydrogen-bond donors (Lipinski definition) is 1. The molecule has 1 aliphatic rings. The molecule has 2 heterocycles. The van der Waals surface area contributed by atoms with Gasteiger partial charge in [0.25, 0.3) is 0 Å². The highest BCUT2D eigenvalue weighted by Crippen LogP contribution is 2.46. The molecule has 2 unspecified atom stereocenters. The minimum Gasteiger partial charge on any atom is -0.493 e. The van der Waals surface area contributed by atoms with Crippen molar-refractivity contribution in [1.29, 1.82) is 5.26 Å². The Labute approximate surface area is 110 Å². The van der Waals surface area contributed by atoms with E-state index in [0.717, 1.165) is 0 Å². The van der Waals surface area contributed by atoms with Crippen LogP contribution < -0.4 is 4.74 Å². The van der Waals surface area contributed by atoms with Crippen LogP contribution in [0.1, 0.15) is 23.8 Å². The lowest BCUT2D eigenvalue weighted by Crippen LogP contribution is -2.37. The van der Waals surface area contributed by atoms with Gasteiger partial charge in [0.15, 0.2) is 0 Å². The molecule has 0 fully saturated rings. The quantitative estimate of drug-likeness (QED) is 0.895. The summed E-state index contributed by atoms with van der Waals surface area (Å²) in [5.41, 5.74) is -0.306. The molecule has 1 aromatic heterocycles. The zero-order valence-corrected chi connectivity index (χ0v) is 10.2. The lowest BCUT2D eigenvalue weighted by atomic mass is 9.72. The van der Waals surface area contributed by atoms with Crippen LogP contribution in [-0.4, -0.2) is 11.7 Å². The van der Waals surface area contributed by atoms with E-state index in [4.69, 9.17) is 9.15 Å². The lowest BCUT2D eigenvalue weighted by Gasteiger charge is -2.35. The van der Waals surface area contributed by atoms with Gasteiger partial charge in [0, 0.05) is 12.0 Å². The molecule has 0 spiro atoms. The van der Waals surface area contributed by atoms with Crippen molar-refractivity contribution in [2.45, 2.75) is 17.9 Å². The third-order valence-electron chi connectivity index (χ3n) is 3.60. The Hall–Kier alpha value is -2.25. The summed E-state index contributed by atoms with van der Waals surface area (Å²) in [6.45, 7) is 0.405. The predicted octanol–water partition coefficient (Wildman–Crippen LogP) is 2.56. The Morgan fingerprint density at radius 2 is 2.11 bits per heavy atom. The van der Waals surface area contributed by atoms with Crippen molar-refractivity contribution in [2.75, 3.05) is 6.61 Å². The monoisotopic (exact) mass is 255 g/mol. The summed E-state index contributed by atoms with van der Waals surface area (Å²) in [5.74, 6) is 1.05. The number of hydrogen-bond acceptors (Lipinski definition) is 4.